The molecule has 0 spiro atoms. The Hall–Kier alpha value is -1.23. The summed E-state index contributed by atoms with van der Waals surface area (Å²) in [7, 11) is 0. The fraction of sp³-hybridized carbons (Fsp3) is 0.300. The van der Waals surface area contributed by atoms with Gasteiger partial charge in [0.15, 0.2) is 11.0 Å². The molecular weight excluding hydrogens is 258 g/mol. The molecule has 0 atom stereocenters. The fourth-order valence-corrected chi connectivity index (χ4v) is 2.23. The molecule has 1 aromatic carbocycles. The van der Waals surface area contributed by atoms with Crippen molar-refractivity contribution in [2.24, 2.45) is 5.18 Å². The van der Waals surface area contributed by atoms with E-state index in [1.54, 1.807) is 0 Å². The van der Waals surface area contributed by atoms with Gasteiger partial charge in [0.25, 0.3) is 0 Å². The first-order chi connectivity index (χ1) is 7.29. The molecule has 1 aromatic heterocycles. The van der Waals surface area contributed by atoms with E-state index >= 15 is 0 Å². The van der Waals surface area contributed by atoms with Crippen LogP contribution in [-0.2, 0) is 0 Å². The largest absolute Gasteiger partial charge is 0.243 e. The van der Waals surface area contributed by atoms with E-state index < -0.39 is 0 Å². The summed E-state index contributed by atoms with van der Waals surface area (Å²) in [6, 6.07) is 4.31. The van der Waals surface area contributed by atoms with Crippen LogP contribution in [0.5, 0.6) is 0 Å². The smallest absolute Gasteiger partial charge is 0.242 e. The predicted molar refractivity (Wildman–Crippen MR) is 59.9 cm³/mol. The fourth-order valence-electron chi connectivity index (χ4n) is 1.81. The van der Waals surface area contributed by atoms with E-state index in [1.165, 1.54) is 12.8 Å². The molecule has 0 amide bonds. The number of nitroso groups, excluding NO2 is 1. The number of nitrogens with zero attached hydrogens (tertiary/aromatic N) is 2. The highest BCUT2D eigenvalue weighted by atomic mass is 79.9. The molecule has 1 aliphatic rings. The van der Waals surface area contributed by atoms with Crippen molar-refractivity contribution in [1.82, 2.24) is 4.98 Å². The lowest BCUT2D eigenvalue weighted by atomic mass is 10.3. The minimum atomic E-state index is 0.455. The van der Waals surface area contributed by atoms with Gasteiger partial charge < -0.3 is 0 Å². The van der Waals surface area contributed by atoms with E-state index in [2.05, 4.69) is 30.7 Å². The Morgan fingerprint density at radius 3 is 2.93 bits per heavy atom. The topological polar surface area (TPSA) is 49.1 Å². The summed E-state index contributed by atoms with van der Waals surface area (Å²) in [5.41, 5.74) is 2.54. The van der Waals surface area contributed by atoms with Crippen molar-refractivity contribution >= 4 is 32.7 Å². The van der Waals surface area contributed by atoms with Crippen molar-refractivity contribution in [1.29, 1.82) is 0 Å². The summed E-state index contributed by atoms with van der Waals surface area (Å²) in [6.07, 6.45) is 4.40. The standard InChI is InChI=1S/C10H8BrN3O/c11-7-3-9-10(4-8(7)13-15)14(5-12-9)6-1-2-6/h3-6H,1-2H2/p+1. The normalized spacial score (nSPS) is 15.8. The van der Waals surface area contributed by atoms with E-state index in [4.69, 9.17) is 0 Å². The monoisotopic (exact) mass is 266 g/mol. The van der Waals surface area contributed by atoms with Crippen LogP contribution in [0.3, 0.4) is 0 Å². The van der Waals surface area contributed by atoms with E-state index in [0.29, 0.717) is 11.7 Å². The molecular formula is C10H9BrN3O+. The number of rotatable bonds is 2. The molecule has 1 fully saturated rings. The molecule has 76 valence electrons. The molecule has 3 rings (SSSR count). The molecule has 1 N–H and O–H groups in total. The third-order valence-electron chi connectivity index (χ3n) is 2.74. The van der Waals surface area contributed by atoms with Gasteiger partial charge in [-0.1, -0.05) is 0 Å². The van der Waals surface area contributed by atoms with Gasteiger partial charge in [-0.15, -0.1) is 4.91 Å². The lowest BCUT2D eigenvalue weighted by Crippen LogP contribution is -2.29. The molecule has 0 bridgehead atoms. The van der Waals surface area contributed by atoms with Crippen LogP contribution in [0, 0.1) is 4.91 Å². The summed E-state index contributed by atoms with van der Waals surface area (Å²) in [5.74, 6) is 0. The first-order valence-corrected chi connectivity index (χ1v) is 5.64. The van der Waals surface area contributed by atoms with Crippen LogP contribution in [0.2, 0.25) is 0 Å². The Labute approximate surface area is 94.4 Å². The molecule has 1 saturated carbocycles. The van der Waals surface area contributed by atoms with Crippen molar-refractivity contribution in [3.8, 4) is 0 Å². The zero-order valence-corrected chi connectivity index (χ0v) is 9.49. The van der Waals surface area contributed by atoms with Gasteiger partial charge in [0.2, 0.25) is 6.33 Å². The Morgan fingerprint density at radius 1 is 1.47 bits per heavy atom. The molecule has 4 nitrogen and oxygen atoms in total. The van der Waals surface area contributed by atoms with Crippen LogP contribution in [0.1, 0.15) is 18.9 Å². The quantitative estimate of drug-likeness (QED) is 0.660. The number of hydrogen-bond acceptors (Lipinski definition) is 2. The van der Waals surface area contributed by atoms with Gasteiger partial charge in [0.1, 0.15) is 11.7 Å². The van der Waals surface area contributed by atoms with Crippen LogP contribution >= 0.6 is 15.9 Å². The Morgan fingerprint density at radius 2 is 2.27 bits per heavy atom. The van der Waals surface area contributed by atoms with Crippen molar-refractivity contribution in [2.75, 3.05) is 0 Å². The third-order valence-corrected chi connectivity index (χ3v) is 3.38. The highest BCUT2D eigenvalue weighted by Gasteiger charge is 2.30. The molecule has 15 heavy (non-hydrogen) atoms. The van der Waals surface area contributed by atoms with E-state index in [0.717, 1.165) is 15.5 Å². The lowest BCUT2D eigenvalue weighted by Gasteiger charge is -1.95. The van der Waals surface area contributed by atoms with Gasteiger partial charge in [-0.25, -0.2) is 9.55 Å². The maximum Gasteiger partial charge on any atom is 0.242 e. The van der Waals surface area contributed by atoms with Crippen molar-refractivity contribution in [3.05, 3.63) is 27.8 Å². The summed E-state index contributed by atoms with van der Waals surface area (Å²) in [5, 5.41) is 3.00. The zero-order chi connectivity index (χ0) is 10.4. The summed E-state index contributed by atoms with van der Waals surface area (Å²) in [6.45, 7) is 0. The van der Waals surface area contributed by atoms with Crippen LogP contribution < -0.4 is 4.57 Å². The number of nitrogens with one attached hydrogen (secondary N) is 1. The number of imidazole rings is 1. The minimum Gasteiger partial charge on any atom is -0.243 e. The Bertz CT molecular complexity index is 545. The molecule has 1 heterocycles. The van der Waals surface area contributed by atoms with Gasteiger partial charge in [0.05, 0.1) is 4.47 Å². The van der Waals surface area contributed by atoms with E-state index in [-0.39, 0.29) is 0 Å². The molecule has 5 heteroatoms. The van der Waals surface area contributed by atoms with Crippen LogP contribution in [0.15, 0.2) is 28.1 Å². The summed E-state index contributed by atoms with van der Waals surface area (Å²) >= 11 is 3.32. The third kappa shape index (κ3) is 1.38. The molecule has 1 aliphatic carbocycles. The minimum absolute atomic E-state index is 0.455. The first kappa shape index (κ1) is 9.03. The molecule has 2 aromatic rings. The highest BCUT2D eigenvalue weighted by molar-refractivity contribution is 9.10. The molecule has 0 unspecified atom stereocenters. The second-order valence-electron chi connectivity index (χ2n) is 3.82. The van der Waals surface area contributed by atoms with Gasteiger partial charge >= 0.3 is 0 Å². The van der Waals surface area contributed by atoms with Gasteiger partial charge in [0, 0.05) is 12.1 Å². The van der Waals surface area contributed by atoms with Gasteiger partial charge in [-0.2, -0.15) is 0 Å². The van der Waals surface area contributed by atoms with E-state index in [1.807, 2.05) is 18.5 Å². The van der Waals surface area contributed by atoms with Gasteiger partial charge in [-0.05, 0) is 33.9 Å². The van der Waals surface area contributed by atoms with Crippen LogP contribution in [0.4, 0.5) is 5.69 Å². The second kappa shape index (κ2) is 3.13. The SMILES string of the molecule is O=Nc1cc2c(cc1Br)[nH]c[n+]2C1CC1. The number of aromatic amines is 1. The van der Waals surface area contributed by atoms with Crippen molar-refractivity contribution in [2.45, 2.75) is 18.9 Å². The number of fused-ring (bicyclic) bond motifs is 1. The lowest BCUT2D eigenvalue weighted by molar-refractivity contribution is -0.674. The van der Waals surface area contributed by atoms with Crippen molar-refractivity contribution in [3.63, 3.8) is 0 Å². The average Bonchev–Trinajstić information content (AvgIpc) is 2.99. The second-order valence-corrected chi connectivity index (χ2v) is 4.68. The van der Waals surface area contributed by atoms with Crippen LogP contribution in [0.25, 0.3) is 11.0 Å². The number of benzene rings is 1. The first-order valence-electron chi connectivity index (χ1n) is 4.85. The van der Waals surface area contributed by atoms with Crippen molar-refractivity contribution < 1.29 is 4.57 Å². The predicted octanol–water partition coefficient (Wildman–Crippen LogP) is 2.95. The van der Waals surface area contributed by atoms with E-state index in [9.17, 15) is 4.91 Å². The number of hydrogen-bond donors (Lipinski definition) is 1. The number of H-pyrrole nitrogens is 1. The number of halogens is 1. The maximum atomic E-state index is 10.6. The summed E-state index contributed by atoms with van der Waals surface area (Å²) in [4.78, 5) is 13.8. The molecule has 0 saturated heterocycles. The zero-order valence-electron chi connectivity index (χ0n) is 7.90. The molecule has 0 aliphatic heterocycles. The number of aromatic nitrogens is 2. The highest BCUT2D eigenvalue weighted by Crippen LogP contribution is 2.33. The van der Waals surface area contributed by atoms with Crippen LogP contribution in [-0.4, -0.2) is 4.98 Å². The average molecular weight is 267 g/mol. The van der Waals surface area contributed by atoms with Gasteiger partial charge in [-0.3, -0.25) is 0 Å². The molecule has 0 radical (unpaired) electrons. The Balaban J connectivity index is 2.28. The Kier molecular flexibility index (Phi) is 1.88. The maximum absolute atomic E-state index is 10.6. The summed E-state index contributed by atoms with van der Waals surface area (Å²) < 4.78 is 2.91.